The molecular weight excluding hydrogens is 320 g/mol. The fourth-order valence-electron chi connectivity index (χ4n) is 2.16. The van der Waals surface area contributed by atoms with Crippen molar-refractivity contribution < 1.29 is 5.11 Å². The van der Waals surface area contributed by atoms with Crippen LogP contribution in [-0.4, -0.2) is 24.9 Å². The van der Waals surface area contributed by atoms with Gasteiger partial charge in [0.15, 0.2) is 0 Å². The van der Waals surface area contributed by atoms with Crippen molar-refractivity contribution >= 4 is 15.9 Å². The van der Waals surface area contributed by atoms with E-state index in [0.717, 1.165) is 28.8 Å². The summed E-state index contributed by atoms with van der Waals surface area (Å²) in [6.45, 7) is 6.71. The van der Waals surface area contributed by atoms with E-state index in [-0.39, 0.29) is 0 Å². The third-order valence-corrected chi connectivity index (χ3v) is 4.14. The Morgan fingerprint density at radius 3 is 2.75 bits per heavy atom. The van der Waals surface area contributed by atoms with E-state index in [9.17, 15) is 5.11 Å². The molecule has 0 saturated carbocycles. The number of nitrogens with zero attached hydrogens (tertiary/aromatic N) is 4. The van der Waals surface area contributed by atoms with Crippen LogP contribution >= 0.6 is 15.9 Å². The molecule has 2 heterocycles. The Kier molecular flexibility index (Phi) is 4.88. The summed E-state index contributed by atoms with van der Waals surface area (Å²) in [7, 11) is 0. The zero-order valence-electron chi connectivity index (χ0n) is 12.0. The maximum absolute atomic E-state index is 10.4. The topological polar surface area (TPSA) is 63.8 Å². The second kappa shape index (κ2) is 6.45. The van der Waals surface area contributed by atoms with E-state index >= 15 is 0 Å². The van der Waals surface area contributed by atoms with E-state index in [4.69, 9.17) is 0 Å². The van der Waals surface area contributed by atoms with Crippen LogP contribution in [0.1, 0.15) is 42.9 Å². The number of halogens is 1. The van der Waals surface area contributed by atoms with Crippen molar-refractivity contribution in [1.82, 2.24) is 19.7 Å². The third kappa shape index (κ3) is 3.07. The average Bonchev–Trinajstić information content (AvgIpc) is 2.75. The first kappa shape index (κ1) is 15.1. The van der Waals surface area contributed by atoms with Gasteiger partial charge in [-0.05, 0) is 42.3 Å². The molecule has 0 spiro atoms. The Balaban J connectivity index is 2.27. The molecule has 0 fully saturated rings. The standard InChI is InChI=1S/C14H19BrN4O/c1-4-10-14(15)12(19(5-2)18-10)8-13(20)11-6-7-16-9(3)17-11/h6-7,13,20H,4-5,8H2,1-3H3. The van der Waals surface area contributed by atoms with Gasteiger partial charge in [-0.1, -0.05) is 6.92 Å². The van der Waals surface area contributed by atoms with E-state index in [1.165, 1.54) is 0 Å². The highest BCUT2D eigenvalue weighted by Crippen LogP contribution is 2.26. The first-order valence-electron chi connectivity index (χ1n) is 6.78. The number of hydrogen-bond donors (Lipinski definition) is 1. The molecule has 0 aromatic carbocycles. The molecular formula is C14H19BrN4O. The van der Waals surface area contributed by atoms with Gasteiger partial charge in [0.2, 0.25) is 0 Å². The minimum absolute atomic E-state index is 0.484. The van der Waals surface area contributed by atoms with Crippen LogP contribution in [0.4, 0.5) is 0 Å². The monoisotopic (exact) mass is 338 g/mol. The first-order chi connectivity index (χ1) is 9.56. The Morgan fingerprint density at radius 1 is 1.40 bits per heavy atom. The molecule has 2 rings (SSSR count). The molecule has 1 N–H and O–H groups in total. The van der Waals surface area contributed by atoms with Crippen LogP contribution in [0.2, 0.25) is 0 Å². The maximum Gasteiger partial charge on any atom is 0.125 e. The molecule has 0 aliphatic rings. The van der Waals surface area contributed by atoms with Gasteiger partial charge in [0.25, 0.3) is 0 Å². The molecule has 20 heavy (non-hydrogen) atoms. The van der Waals surface area contributed by atoms with E-state index in [1.807, 2.05) is 18.5 Å². The predicted molar refractivity (Wildman–Crippen MR) is 80.4 cm³/mol. The molecule has 2 aromatic heterocycles. The summed E-state index contributed by atoms with van der Waals surface area (Å²) in [6, 6.07) is 1.75. The lowest BCUT2D eigenvalue weighted by Gasteiger charge is -2.12. The predicted octanol–water partition coefficient (Wildman–Crippen LogP) is 2.60. The van der Waals surface area contributed by atoms with Crippen LogP contribution in [0, 0.1) is 6.92 Å². The summed E-state index contributed by atoms with van der Waals surface area (Å²) in [5, 5.41) is 14.9. The van der Waals surface area contributed by atoms with Gasteiger partial charge in [0.1, 0.15) is 11.9 Å². The molecule has 0 bridgehead atoms. The van der Waals surface area contributed by atoms with Crippen molar-refractivity contribution in [3.05, 3.63) is 39.6 Å². The SMILES string of the molecule is CCc1nn(CC)c(CC(O)c2ccnc(C)n2)c1Br. The number of hydrogen-bond acceptors (Lipinski definition) is 4. The first-order valence-corrected chi connectivity index (χ1v) is 7.57. The van der Waals surface area contributed by atoms with Crippen molar-refractivity contribution in [3.8, 4) is 0 Å². The van der Waals surface area contributed by atoms with E-state index in [2.05, 4.69) is 37.9 Å². The summed E-state index contributed by atoms with van der Waals surface area (Å²) >= 11 is 3.59. The van der Waals surface area contributed by atoms with Crippen molar-refractivity contribution in [3.63, 3.8) is 0 Å². The lowest BCUT2D eigenvalue weighted by molar-refractivity contribution is 0.170. The maximum atomic E-state index is 10.4. The Morgan fingerprint density at radius 2 is 2.15 bits per heavy atom. The highest BCUT2D eigenvalue weighted by atomic mass is 79.9. The molecule has 0 amide bonds. The number of aliphatic hydroxyl groups excluding tert-OH is 1. The zero-order chi connectivity index (χ0) is 14.7. The molecule has 5 nitrogen and oxygen atoms in total. The smallest absolute Gasteiger partial charge is 0.125 e. The van der Waals surface area contributed by atoms with Gasteiger partial charge in [-0.15, -0.1) is 0 Å². The summed E-state index contributed by atoms with van der Waals surface area (Å²) in [5.41, 5.74) is 2.67. The van der Waals surface area contributed by atoms with E-state index < -0.39 is 6.10 Å². The molecule has 0 radical (unpaired) electrons. The van der Waals surface area contributed by atoms with Crippen LogP contribution < -0.4 is 0 Å². The van der Waals surface area contributed by atoms with Crippen molar-refractivity contribution in [1.29, 1.82) is 0 Å². The van der Waals surface area contributed by atoms with Crippen LogP contribution in [0.5, 0.6) is 0 Å². The highest BCUT2D eigenvalue weighted by Gasteiger charge is 2.19. The molecule has 1 unspecified atom stereocenters. The number of rotatable bonds is 5. The summed E-state index contributed by atoms with van der Waals surface area (Å²) in [6.07, 6.45) is 2.37. The summed E-state index contributed by atoms with van der Waals surface area (Å²) in [4.78, 5) is 8.32. The van der Waals surface area contributed by atoms with E-state index in [0.29, 0.717) is 17.9 Å². The van der Waals surface area contributed by atoms with E-state index in [1.54, 1.807) is 12.3 Å². The minimum Gasteiger partial charge on any atom is -0.386 e. The molecule has 108 valence electrons. The number of aromatic nitrogens is 4. The van der Waals surface area contributed by atoms with Crippen molar-refractivity contribution in [2.45, 2.75) is 46.3 Å². The second-order valence-corrected chi connectivity index (χ2v) is 5.42. The quantitative estimate of drug-likeness (QED) is 0.910. The molecule has 0 aliphatic heterocycles. The van der Waals surface area contributed by atoms with Gasteiger partial charge >= 0.3 is 0 Å². The van der Waals surface area contributed by atoms with Gasteiger partial charge in [0, 0.05) is 19.2 Å². The molecule has 1 atom stereocenters. The molecule has 2 aromatic rings. The van der Waals surface area contributed by atoms with Gasteiger partial charge in [-0.25, -0.2) is 9.97 Å². The molecule has 6 heteroatoms. The number of aliphatic hydroxyl groups is 1. The van der Waals surface area contributed by atoms with Gasteiger partial charge in [0.05, 0.1) is 21.6 Å². The van der Waals surface area contributed by atoms with Crippen LogP contribution in [0.3, 0.4) is 0 Å². The van der Waals surface area contributed by atoms with Crippen LogP contribution in [0.15, 0.2) is 16.7 Å². The number of aryl methyl sites for hydroxylation is 3. The zero-order valence-corrected chi connectivity index (χ0v) is 13.6. The molecule has 0 aliphatic carbocycles. The second-order valence-electron chi connectivity index (χ2n) is 4.63. The lowest BCUT2D eigenvalue weighted by Crippen LogP contribution is -2.10. The van der Waals surface area contributed by atoms with Gasteiger partial charge < -0.3 is 5.11 Å². The Labute approximate surface area is 127 Å². The fraction of sp³-hybridized carbons (Fsp3) is 0.500. The normalized spacial score (nSPS) is 12.7. The fourth-order valence-corrected chi connectivity index (χ4v) is 2.89. The van der Waals surface area contributed by atoms with Crippen LogP contribution in [0.25, 0.3) is 0 Å². The van der Waals surface area contributed by atoms with Crippen LogP contribution in [-0.2, 0) is 19.4 Å². The minimum atomic E-state index is -0.653. The lowest BCUT2D eigenvalue weighted by atomic mass is 10.1. The summed E-state index contributed by atoms with van der Waals surface area (Å²) in [5.74, 6) is 0.666. The van der Waals surface area contributed by atoms with Crippen molar-refractivity contribution in [2.75, 3.05) is 0 Å². The highest BCUT2D eigenvalue weighted by molar-refractivity contribution is 9.10. The Hall–Kier alpha value is -1.27. The van der Waals surface area contributed by atoms with Gasteiger partial charge in [-0.3, -0.25) is 4.68 Å². The third-order valence-electron chi connectivity index (χ3n) is 3.22. The van der Waals surface area contributed by atoms with Crippen molar-refractivity contribution in [2.24, 2.45) is 0 Å². The average molecular weight is 339 g/mol. The summed E-state index contributed by atoms with van der Waals surface area (Å²) < 4.78 is 2.92. The largest absolute Gasteiger partial charge is 0.386 e. The van der Waals surface area contributed by atoms with Gasteiger partial charge in [-0.2, -0.15) is 5.10 Å². The molecule has 0 saturated heterocycles. The Bertz CT molecular complexity index is 597.